The van der Waals surface area contributed by atoms with Crippen molar-refractivity contribution in [2.24, 2.45) is 0 Å². The van der Waals surface area contributed by atoms with Crippen LogP contribution >= 0.6 is 0 Å². The summed E-state index contributed by atoms with van der Waals surface area (Å²) in [5.74, 6) is -0.251. The van der Waals surface area contributed by atoms with Crippen LogP contribution in [0.4, 0.5) is 13.2 Å². The minimum absolute atomic E-state index is 0.0305. The van der Waals surface area contributed by atoms with Gasteiger partial charge in [0.1, 0.15) is 5.69 Å². The van der Waals surface area contributed by atoms with Crippen molar-refractivity contribution in [2.45, 2.75) is 44.5 Å². The van der Waals surface area contributed by atoms with Crippen molar-refractivity contribution in [1.82, 2.24) is 9.88 Å². The number of aromatic nitrogens is 1. The Labute approximate surface area is 126 Å². The van der Waals surface area contributed by atoms with Gasteiger partial charge >= 0.3 is 6.18 Å². The standard InChI is InChI=1S/C15H17F3N2O2/c1-9-10(5-6-13(19-9)15(16,17)18)14(21)20-7-8-22-12-4-2-3-11(12)20/h5-6,11-12H,2-4,7-8H2,1H3. The molecule has 120 valence electrons. The average Bonchev–Trinajstić information content (AvgIpc) is 2.93. The molecule has 1 saturated heterocycles. The molecule has 0 radical (unpaired) electrons. The number of hydrogen-bond acceptors (Lipinski definition) is 3. The first-order chi connectivity index (χ1) is 10.4. The predicted molar refractivity (Wildman–Crippen MR) is 72.4 cm³/mol. The molecule has 0 spiro atoms. The Bertz CT molecular complexity index is 589. The van der Waals surface area contributed by atoms with Crippen molar-refractivity contribution < 1.29 is 22.7 Å². The number of rotatable bonds is 1. The first-order valence-corrected chi connectivity index (χ1v) is 7.35. The molecule has 22 heavy (non-hydrogen) atoms. The summed E-state index contributed by atoms with van der Waals surface area (Å²) in [7, 11) is 0. The van der Waals surface area contributed by atoms with Gasteiger partial charge in [0, 0.05) is 6.54 Å². The molecule has 1 aromatic heterocycles. The van der Waals surface area contributed by atoms with Gasteiger partial charge in [0.05, 0.1) is 30.0 Å². The Hall–Kier alpha value is -1.63. The molecule has 2 aliphatic rings. The molecule has 1 saturated carbocycles. The molecule has 3 rings (SSSR count). The maximum Gasteiger partial charge on any atom is 0.433 e. The quantitative estimate of drug-likeness (QED) is 0.800. The van der Waals surface area contributed by atoms with Crippen LogP contribution in [0.15, 0.2) is 12.1 Å². The van der Waals surface area contributed by atoms with E-state index in [1.165, 1.54) is 13.0 Å². The van der Waals surface area contributed by atoms with Crippen molar-refractivity contribution in [3.8, 4) is 0 Å². The number of aryl methyl sites for hydroxylation is 1. The lowest BCUT2D eigenvalue weighted by Crippen LogP contribution is -2.51. The van der Waals surface area contributed by atoms with Gasteiger partial charge < -0.3 is 9.64 Å². The Morgan fingerprint density at radius 2 is 2.14 bits per heavy atom. The first-order valence-electron chi connectivity index (χ1n) is 7.35. The third-order valence-corrected chi connectivity index (χ3v) is 4.35. The summed E-state index contributed by atoms with van der Waals surface area (Å²) in [6, 6.07) is 2.13. The van der Waals surface area contributed by atoms with E-state index in [1.807, 2.05) is 0 Å². The van der Waals surface area contributed by atoms with E-state index in [-0.39, 0.29) is 29.3 Å². The molecule has 1 aliphatic carbocycles. The van der Waals surface area contributed by atoms with Crippen molar-refractivity contribution in [1.29, 1.82) is 0 Å². The number of carbonyl (C=O) groups excluding carboxylic acids is 1. The lowest BCUT2D eigenvalue weighted by molar-refractivity contribution is -0.141. The van der Waals surface area contributed by atoms with Crippen LogP contribution in [0.25, 0.3) is 0 Å². The second-order valence-corrected chi connectivity index (χ2v) is 5.73. The summed E-state index contributed by atoms with van der Waals surface area (Å²) in [6.45, 7) is 2.38. The highest BCUT2D eigenvalue weighted by atomic mass is 19.4. The van der Waals surface area contributed by atoms with Crippen molar-refractivity contribution in [2.75, 3.05) is 13.2 Å². The van der Waals surface area contributed by atoms with Gasteiger partial charge in [0.25, 0.3) is 5.91 Å². The van der Waals surface area contributed by atoms with Crippen LogP contribution in [0.1, 0.15) is 41.0 Å². The average molecular weight is 314 g/mol. The summed E-state index contributed by atoms with van der Waals surface area (Å²) < 4.78 is 43.6. The zero-order valence-electron chi connectivity index (χ0n) is 12.2. The maximum absolute atomic E-state index is 12.7. The van der Waals surface area contributed by atoms with E-state index in [9.17, 15) is 18.0 Å². The second kappa shape index (κ2) is 5.53. The van der Waals surface area contributed by atoms with Gasteiger partial charge in [-0.15, -0.1) is 0 Å². The number of nitrogens with zero attached hydrogens (tertiary/aromatic N) is 2. The van der Waals surface area contributed by atoms with Gasteiger partial charge in [-0.05, 0) is 38.3 Å². The summed E-state index contributed by atoms with van der Waals surface area (Å²) in [4.78, 5) is 17.9. The van der Waals surface area contributed by atoms with Crippen LogP contribution in [0.5, 0.6) is 0 Å². The minimum Gasteiger partial charge on any atom is -0.374 e. The van der Waals surface area contributed by atoms with Gasteiger partial charge in [0.15, 0.2) is 0 Å². The summed E-state index contributed by atoms with van der Waals surface area (Å²) >= 11 is 0. The lowest BCUT2D eigenvalue weighted by Gasteiger charge is -2.37. The van der Waals surface area contributed by atoms with Gasteiger partial charge in [-0.1, -0.05) is 0 Å². The monoisotopic (exact) mass is 314 g/mol. The Kier molecular flexibility index (Phi) is 3.84. The normalized spacial score (nSPS) is 25.2. The van der Waals surface area contributed by atoms with Crippen molar-refractivity contribution >= 4 is 5.91 Å². The predicted octanol–water partition coefficient (Wildman–Crippen LogP) is 2.80. The van der Waals surface area contributed by atoms with Crippen LogP contribution < -0.4 is 0 Å². The summed E-state index contributed by atoms with van der Waals surface area (Å²) in [5, 5.41) is 0. The molecule has 2 unspecified atom stereocenters. The smallest absolute Gasteiger partial charge is 0.374 e. The second-order valence-electron chi connectivity index (χ2n) is 5.73. The number of carbonyl (C=O) groups is 1. The van der Waals surface area contributed by atoms with Gasteiger partial charge in [-0.25, -0.2) is 4.98 Å². The molecule has 1 aromatic rings. The highest BCUT2D eigenvalue weighted by Gasteiger charge is 2.39. The number of alkyl halides is 3. The fourth-order valence-electron chi connectivity index (χ4n) is 3.28. The van der Waals surface area contributed by atoms with Crippen LogP contribution in [-0.4, -0.2) is 41.1 Å². The molecule has 0 bridgehead atoms. The van der Waals surface area contributed by atoms with E-state index in [4.69, 9.17) is 4.74 Å². The fourth-order valence-corrected chi connectivity index (χ4v) is 3.28. The first kappa shape index (κ1) is 15.3. The molecule has 1 amide bonds. The Balaban J connectivity index is 1.86. The molecule has 0 aromatic carbocycles. The highest BCUT2D eigenvalue weighted by Crippen LogP contribution is 2.32. The molecular formula is C15H17F3N2O2. The zero-order chi connectivity index (χ0) is 15.9. The summed E-state index contributed by atoms with van der Waals surface area (Å²) in [6.07, 6.45) is -1.63. The van der Waals surface area contributed by atoms with Crippen LogP contribution in [0.3, 0.4) is 0 Å². The van der Waals surface area contributed by atoms with E-state index in [1.54, 1.807) is 4.90 Å². The number of ether oxygens (including phenoxy) is 1. The minimum atomic E-state index is -4.50. The molecular weight excluding hydrogens is 297 g/mol. The largest absolute Gasteiger partial charge is 0.433 e. The van der Waals surface area contributed by atoms with E-state index in [2.05, 4.69) is 4.98 Å². The van der Waals surface area contributed by atoms with Crippen LogP contribution in [0.2, 0.25) is 0 Å². The molecule has 4 nitrogen and oxygen atoms in total. The van der Waals surface area contributed by atoms with E-state index < -0.39 is 11.9 Å². The molecule has 0 N–H and O–H groups in total. The summed E-state index contributed by atoms with van der Waals surface area (Å²) in [5.41, 5.74) is -0.622. The third-order valence-electron chi connectivity index (χ3n) is 4.35. The Morgan fingerprint density at radius 3 is 2.82 bits per heavy atom. The number of hydrogen-bond donors (Lipinski definition) is 0. The van der Waals surface area contributed by atoms with E-state index in [0.29, 0.717) is 13.2 Å². The van der Waals surface area contributed by atoms with Gasteiger partial charge in [-0.3, -0.25) is 4.79 Å². The van der Waals surface area contributed by atoms with E-state index in [0.717, 1.165) is 25.3 Å². The number of pyridine rings is 1. The molecule has 2 atom stereocenters. The topological polar surface area (TPSA) is 42.4 Å². The molecule has 7 heteroatoms. The van der Waals surface area contributed by atoms with Crippen molar-refractivity contribution in [3.05, 3.63) is 29.1 Å². The number of fused-ring (bicyclic) bond motifs is 1. The number of morpholine rings is 1. The molecule has 2 heterocycles. The lowest BCUT2D eigenvalue weighted by atomic mass is 10.1. The van der Waals surface area contributed by atoms with E-state index >= 15 is 0 Å². The van der Waals surface area contributed by atoms with Gasteiger partial charge in [0.2, 0.25) is 0 Å². The SMILES string of the molecule is Cc1nc(C(F)(F)F)ccc1C(=O)N1CCOC2CCCC21. The number of amides is 1. The number of halogens is 3. The highest BCUT2D eigenvalue weighted by molar-refractivity contribution is 5.95. The fraction of sp³-hybridized carbons (Fsp3) is 0.600. The van der Waals surface area contributed by atoms with Gasteiger partial charge in [-0.2, -0.15) is 13.2 Å². The van der Waals surface area contributed by atoms with Crippen LogP contribution in [0, 0.1) is 6.92 Å². The van der Waals surface area contributed by atoms with Crippen LogP contribution in [-0.2, 0) is 10.9 Å². The molecule has 2 fully saturated rings. The third kappa shape index (κ3) is 2.69. The molecule has 1 aliphatic heterocycles. The maximum atomic E-state index is 12.7. The van der Waals surface area contributed by atoms with Crippen molar-refractivity contribution in [3.63, 3.8) is 0 Å². The zero-order valence-corrected chi connectivity index (χ0v) is 12.2. The Morgan fingerprint density at radius 1 is 1.36 bits per heavy atom.